The van der Waals surface area contributed by atoms with Crippen LogP contribution < -0.4 is 4.90 Å². The molecule has 5 heteroatoms. The maximum absolute atomic E-state index is 10.0. The highest BCUT2D eigenvalue weighted by atomic mass is 16.3. The number of aromatic nitrogens is 1. The van der Waals surface area contributed by atoms with Crippen molar-refractivity contribution in [1.29, 1.82) is 5.26 Å². The highest BCUT2D eigenvalue weighted by Gasteiger charge is 2.31. The third kappa shape index (κ3) is 2.76. The molecule has 0 amide bonds. The van der Waals surface area contributed by atoms with Crippen molar-refractivity contribution in [3.05, 3.63) is 59.9 Å². The smallest absolute Gasteiger partial charge is 0.155 e. The molecule has 0 bridgehead atoms. The summed E-state index contributed by atoms with van der Waals surface area (Å²) in [5.41, 5.74) is 6.37. The Morgan fingerprint density at radius 3 is 2.70 bits per heavy atom. The van der Waals surface area contributed by atoms with E-state index in [0.29, 0.717) is 17.2 Å². The fourth-order valence-corrected chi connectivity index (χ4v) is 4.74. The molecule has 0 aliphatic carbocycles. The number of rotatable bonds is 3. The lowest BCUT2D eigenvalue weighted by atomic mass is 9.91. The molecule has 0 N–H and O–H groups in total. The molecule has 4 aromatic rings. The Morgan fingerprint density at radius 2 is 2.00 bits per heavy atom. The van der Waals surface area contributed by atoms with Gasteiger partial charge in [0.15, 0.2) is 11.2 Å². The zero-order chi connectivity index (χ0) is 20.8. The lowest BCUT2D eigenvalue weighted by Gasteiger charge is -2.26. The number of nitrogens with zero attached hydrogens (tertiary/aromatic N) is 4. The Hall–Kier alpha value is -3.36. The summed E-state index contributed by atoms with van der Waals surface area (Å²) >= 11 is 0. The van der Waals surface area contributed by atoms with Crippen LogP contribution in [-0.4, -0.2) is 43.1 Å². The average Bonchev–Trinajstić information content (AvgIpc) is 3.39. The molecule has 3 heterocycles. The molecule has 2 aromatic carbocycles. The predicted molar refractivity (Wildman–Crippen MR) is 121 cm³/mol. The molecule has 1 fully saturated rings. The lowest BCUT2D eigenvalue weighted by Crippen LogP contribution is -2.31. The average molecular weight is 396 g/mol. The number of benzene rings is 2. The van der Waals surface area contributed by atoms with Crippen LogP contribution in [0.2, 0.25) is 0 Å². The van der Waals surface area contributed by atoms with E-state index in [1.54, 1.807) is 12.4 Å². The minimum atomic E-state index is 0.499. The van der Waals surface area contributed by atoms with Crippen LogP contribution in [0.25, 0.3) is 33.1 Å². The zero-order valence-corrected chi connectivity index (χ0v) is 17.5. The Balaban J connectivity index is 1.91. The van der Waals surface area contributed by atoms with Gasteiger partial charge in [-0.2, -0.15) is 5.26 Å². The van der Waals surface area contributed by atoms with E-state index < -0.39 is 0 Å². The van der Waals surface area contributed by atoms with E-state index >= 15 is 0 Å². The third-order valence-electron chi connectivity index (χ3n) is 6.33. The number of pyridine rings is 1. The van der Waals surface area contributed by atoms with Crippen molar-refractivity contribution < 1.29 is 4.42 Å². The molecule has 0 spiro atoms. The monoisotopic (exact) mass is 396 g/mol. The van der Waals surface area contributed by atoms with E-state index in [1.807, 2.05) is 19.1 Å². The maximum Gasteiger partial charge on any atom is 0.155 e. The van der Waals surface area contributed by atoms with Crippen molar-refractivity contribution in [2.24, 2.45) is 0 Å². The normalized spacial score (nSPS) is 16.6. The largest absolute Gasteiger partial charge is 0.453 e. The van der Waals surface area contributed by atoms with E-state index in [2.05, 4.69) is 59.2 Å². The van der Waals surface area contributed by atoms with Gasteiger partial charge in [-0.1, -0.05) is 30.3 Å². The Morgan fingerprint density at radius 1 is 1.20 bits per heavy atom. The highest BCUT2D eigenvalue weighted by molar-refractivity contribution is 6.17. The topological polar surface area (TPSA) is 56.3 Å². The number of anilines is 1. The van der Waals surface area contributed by atoms with Crippen molar-refractivity contribution in [3.63, 3.8) is 0 Å². The second-order valence-corrected chi connectivity index (χ2v) is 8.23. The summed E-state index contributed by atoms with van der Waals surface area (Å²) in [6.07, 6.45) is 4.64. The van der Waals surface area contributed by atoms with E-state index in [9.17, 15) is 5.26 Å². The standard InChI is InChI=1S/C25H24N4O/c1-16-20(13-26)25-23(19-9-11-27-14-21(19)30-25)24(22(16)17-7-5-4-6-8-17)29-12-10-18(15-29)28(2)3/h4-9,11,14,18H,10,12,15H2,1-3H3/t18-/m0/s1. The summed E-state index contributed by atoms with van der Waals surface area (Å²) in [4.78, 5) is 9.00. The first-order chi connectivity index (χ1) is 14.6. The number of nitriles is 1. The first-order valence-electron chi connectivity index (χ1n) is 10.3. The molecule has 0 radical (unpaired) electrons. The predicted octanol–water partition coefficient (Wildman–Crippen LogP) is 4.97. The SMILES string of the molecule is Cc1c(-c2ccccc2)c(N2CC[C@H](N(C)C)C2)c2c(oc3cnccc32)c1C#N. The number of hydrogen-bond acceptors (Lipinski definition) is 5. The molecule has 1 aliphatic heterocycles. The van der Waals surface area contributed by atoms with Gasteiger partial charge < -0.3 is 14.2 Å². The molecule has 1 aliphatic rings. The van der Waals surface area contributed by atoms with Crippen LogP contribution in [0.1, 0.15) is 17.5 Å². The molecule has 2 aromatic heterocycles. The van der Waals surface area contributed by atoms with E-state index in [0.717, 1.165) is 52.6 Å². The first-order valence-corrected chi connectivity index (χ1v) is 10.3. The molecule has 5 rings (SSSR count). The molecule has 30 heavy (non-hydrogen) atoms. The van der Waals surface area contributed by atoms with Gasteiger partial charge in [0.25, 0.3) is 0 Å². The number of likely N-dealkylation sites (N-methyl/N-ethyl adjacent to an activating group) is 1. The van der Waals surface area contributed by atoms with Crippen LogP contribution in [0, 0.1) is 18.3 Å². The van der Waals surface area contributed by atoms with E-state index in [1.165, 1.54) is 5.69 Å². The number of hydrogen-bond donors (Lipinski definition) is 0. The lowest BCUT2D eigenvalue weighted by molar-refractivity contribution is 0.315. The molecule has 150 valence electrons. The minimum absolute atomic E-state index is 0.499. The summed E-state index contributed by atoms with van der Waals surface area (Å²) < 4.78 is 6.20. The van der Waals surface area contributed by atoms with Crippen molar-refractivity contribution in [1.82, 2.24) is 9.88 Å². The van der Waals surface area contributed by atoms with E-state index in [4.69, 9.17) is 4.42 Å². The molecule has 0 unspecified atom stereocenters. The molecule has 0 saturated carbocycles. The molecular formula is C25H24N4O. The third-order valence-corrected chi connectivity index (χ3v) is 6.33. The van der Waals surface area contributed by atoms with Gasteiger partial charge in [0.05, 0.1) is 22.8 Å². The van der Waals surface area contributed by atoms with Gasteiger partial charge in [0.2, 0.25) is 0 Å². The van der Waals surface area contributed by atoms with Crippen molar-refractivity contribution in [2.45, 2.75) is 19.4 Å². The summed E-state index contributed by atoms with van der Waals surface area (Å²) in [5, 5.41) is 12.1. The fourth-order valence-electron chi connectivity index (χ4n) is 4.74. The quantitative estimate of drug-likeness (QED) is 0.489. The van der Waals surface area contributed by atoms with Crippen LogP contribution in [0.4, 0.5) is 5.69 Å². The second kappa shape index (κ2) is 7.16. The summed E-state index contributed by atoms with van der Waals surface area (Å²) in [5.74, 6) is 0. The van der Waals surface area contributed by atoms with Crippen molar-refractivity contribution in [2.75, 3.05) is 32.1 Å². The van der Waals surface area contributed by atoms with Crippen molar-refractivity contribution >= 4 is 27.6 Å². The second-order valence-electron chi connectivity index (χ2n) is 8.23. The molecule has 5 nitrogen and oxygen atoms in total. The van der Waals surface area contributed by atoms with Crippen molar-refractivity contribution in [3.8, 4) is 17.2 Å². The highest BCUT2D eigenvalue weighted by Crippen LogP contribution is 2.47. The Bertz CT molecular complexity index is 1280. The van der Waals surface area contributed by atoms with Gasteiger partial charge in [-0.25, -0.2) is 0 Å². The minimum Gasteiger partial charge on any atom is -0.453 e. The van der Waals surface area contributed by atoms with Gasteiger partial charge >= 0.3 is 0 Å². The van der Waals surface area contributed by atoms with Crippen LogP contribution >= 0.6 is 0 Å². The van der Waals surface area contributed by atoms with Gasteiger partial charge in [0, 0.05) is 36.3 Å². The summed E-state index contributed by atoms with van der Waals surface area (Å²) in [6.45, 7) is 3.96. The van der Waals surface area contributed by atoms with Gasteiger partial charge in [0.1, 0.15) is 6.07 Å². The number of fused-ring (bicyclic) bond motifs is 3. The zero-order valence-electron chi connectivity index (χ0n) is 17.5. The molecular weight excluding hydrogens is 372 g/mol. The van der Waals surface area contributed by atoms with Crippen LogP contribution in [0.3, 0.4) is 0 Å². The van der Waals surface area contributed by atoms with Gasteiger partial charge in [-0.05, 0) is 44.6 Å². The van der Waals surface area contributed by atoms with E-state index in [-0.39, 0.29) is 0 Å². The number of furan rings is 1. The molecule has 1 saturated heterocycles. The van der Waals surface area contributed by atoms with Gasteiger partial charge in [-0.15, -0.1) is 0 Å². The van der Waals surface area contributed by atoms with Crippen LogP contribution in [0.5, 0.6) is 0 Å². The Labute approximate surface area is 176 Å². The summed E-state index contributed by atoms with van der Waals surface area (Å²) in [7, 11) is 4.29. The van der Waals surface area contributed by atoms with Crippen LogP contribution in [-0.2, 0) is 0 Å². The van der Waals surface area contributed by atoms with Crippen LogP contribution in [0.15, 0.2) is 53.2 Å². The first kappa shape index (κ1) is 18.7. The maximum atomic E-state index is 10.0. The Kier molecular flexibility index (Phi) is 4.45. The molecule has 1 atom stereocenters. The summed E-state index contributed by atoms with van der Waals surface area (Å²) in [6, 6.07) is 15.3. The van der Waals surface area contributed by atoms with Gasteiger partial charge in [-0.3, -0.25) is 4.98 Å². The fraction of sp³-hybridized carbons (Fsp3) is 0.280.